The molecule has 0 unspecified atom stereocenters. The summed E-state index contributed by atoms with van der Waals surface area (Å²) >= 11 is 0. The van der Waals surface area contributed by atoms with Crippen LogP contribution in [-0.4, -0.2) is 26.0 Å². The maximum absolute atomic E-state index is 11.0. The lowest BCUT2D eigenvalue weighted by atomic mass is 9.87. The molecule has 1 aliphatic carbocycles. The molecule has 0 saturated heterocycles. The minimum absolute atomic E-state index is 0.110. The standard InChI is InChI=1S/C7H14N2O4S/c8-14(12,13)9-5-7(6(10)11)3-1-2-4-7/h9H,1-5H2,(H,10,11)(H2,8,12,13). The lowest BCUT2D eigenvalue weighted by Gasteiger charge is -2.23. The van der Waals surface area contributed by atoms with Crippen LogP contribution in [-0.2, 0) is 15.0 Å². The molecule has 0 aromatic heterocycles. The van der Waals surface area contributed by atoms with Crippen molar-refractivity contribution in [3.63, 3.8) is 0 Å². The minimum atomic E-state index is -3.80. The highest BCUT2D eigenvalue weighted by atomic mass is 32.2. The summed E-state index contributed by atoms with van der Waals surface area (Å²) in [7, 11) is -3.80. The number of carbonyl (C=O) groups is 1. The van der Waals surface area contributed by atoms with Crippen molar-refractivity contribution in [2.45, 2.75) is 25.7 Å². The van der Waals surface area contributed by atoms with E-state index in [4.69, 9.17) is 10.2 Å². The van der Waals surface area contributed by atoms with Crippen LogP contribution in [0, 0.1) is 5.41 Å². The zero-order chi connectivity index (χ0) is 10.8. The second-order valence-corrected chi connectivity index (χ2v) is 5.04. The summed E-state index contributed by atoms with van der Waals surface area (Å²) in [4.78, 5) is 11.0. The predicted molar refractivity (Wildman–Crippen MR) is 49.6 cm³/mol. The monoisotopic (exact) mass is 222 g/mol. The van der Waals surface area contributed by atoms with Gasteiger partial charge in [-0.1, -0.05) is 12.8 Å². The van der Waals surface area contributed by atoms with Crippen molar-refractivity contribution in [1.82, 2.24) is 4.72 Å². The van der Waals surface area contributed by atoms with E-state index in [0.717, 1.165) is 12.8 Å². The summed E-state index contributed by atoms with van der Waals surface area (Å²) in [5, 5.41) is 13.7. The van der Waals surface area contributed by atoms with Gasteiger partial charge >= 0.3 is 5.97 Å². The molecule has 14 heavy (non-hydrogen) atoms. The third-order valence-electron chi connectivity index (χ3n) is 2.63. The van der Waals surface area contributed by atoms with Crippen LogP contribution in [0.4, 0.5) is 0 Å². The number of nitrogens with two attached hydrogens (primary N) is 1. The van der Waals surface area contributed by atoms with E-state index in [9.17, 15) is 13.2 Å². The largest absolute Gasteiger partial charge is 0.481 e. The van der Waals surface area contributed by atoms with E-state index in [1.54, 1.807) is 0 Å². The molecule has 0 atom stereocenters. The van der Waals surface area contributed by atoms with Crippen LogP contribution in [0.2, 0.25) is 0 Å². The molecule has 0 aromatic rings. The number of hydrogen-bond acceptors (Lipinski definition) is 3. The van der Waals surface area contributed by atoms with Gasteiger partial charge in [-0.2, -0.15) is 8.42 Å². The van der Waals surface area contributed by atoms with Crippen LogP contribution in [0.25, 0.3) is 0 Å². The van der Waals surface area contributed by atoms with Gasteiger partial charge in [0.1, 0.15) is 0 Å². The summed E-state index contributed by atoms with van der Waals surface area (Å²) < 4.78 is 23.3. The quantitative estimate of drug-likeness (QED) is 0.591. The predicted octanol–water partition coefficient (Wildman–Crippen LogP) is -0.575. The first-order valence-electron chi connectivity index (χ1n) is 4.37. The zero-order valence-electron chi connectivity index (χ0n) is 7.69. The molecule has 0 spiro atoms. The Hall–Kier alpha value is -0.660. The first-order valence-corrected chi connectivity index (χ1v) is 5.91. The molecule has 0 bridgehead atoms. The molecule has 4 N–H and O–H groups in total. The molecular weight excluding hydrogens is 208 g/mol. The van der Waals surface area contributed by atoms with E-state index in [-0.39, 0.29) is 6.54 Å². The smallest absolute Gasteiger partial charge is 0.310 e. The van der Waals surface area contributed by atoms with Crippen LogP contribution in [0.3, 0.4) is 0 Å². The molecule has 82 valence electrons. The summed E-state index contributed by atoms with van der Waals surface area (Å²) in [5.74, 6) is -0.953. The summed E-state index contributed by atoms with van der Waals surface area (Å²) in [5.41, 5.74) is -0.952. The van der Waals surface area contributed by atoms with Gasteiger partial charge in [-0.25, -0.2) is 9.86 Å². The molecule has 0 radical (unpaired) electrons. The Bertz CT molecular complexity index is 319. The van der Waals surface area contributed by atoms with E-state index in [1.807, 2.05) is 0 Å². The fraction of sp³-hybridized carbons (Fsp3) is 0.857. The first kappa shape index (κ1) is 11.4. The zero-order valence-corrected chi connectivity index (χ0v) is 8.51. The van der Waals surface area contributed by atoms with Crippen molar-refractivity contribution in [3.05, 3.63) is 0 Å². The van der Waals surface area contributed by atoms with Crippen molar-refractivity contribution in [3.8, 4) is 0 Å². The molecule has 1 saturated carbocycles. The van der Waals surface area contributed by atoms with Crippen LogP contribution in [0.15, 0.2) is 0 Å². The molecule has 0 aliphatic heterocycles. The van der Waals surface area contributed by atoms with Crippen LogP contribution < -0.4 is 9.86 Å². The maximum atomic E-state index is 11.0. The van der Waals surface area contributed by atoms with Gasteiger partial charge in [-0.15, -0.1) is 0 Å². The highest BCUT2D eigenvalue weighted by molar-refractivity contribution is 7.87. The van der Waals surface area contributed by atoms with Crippen molar-refractivity contribution >= 4 is 16.2 Å². The molecule has 1 fully saturated rings. The van der Waals surface area contributed by atoms with E-state index in [2.05, 4.69) is 4.72 Å². The molecule has 0 aromatic carbocycles. The number of hydrogen-bond donors (Lipinski definition) is 3. The van der Waals surface area contributed by atoms with Gasteiger partial charge in [-0.3, -0.25) is 4.79 Å². The highest BCUT2D eigenvalue weighted by Gasteiger charge is 2.41. The Kier molecular flexibility index (Phi) is 3.13. The number of carboxylic acids is 1. The van der Waals surface area contributed by atoms with Crippen LogP contribution in [0.1, 0.15) is 25.7 Å². The highest BCUT2D eigenvalue weighted by Crippen LogP contribution is 2.37. The van der Waals surface area contributed by atoms with Crippen molar-refractivity contribution < 1.29 is 18.3 Å². The molecule has 0 amide bonds. The van der Waals surface area contributed by atoms with Gasteiger partial charge in [-0.05, 0) is 12.8 Å². The number of rotatable bonds is 4. The fourth-order valence-electron chi connectivity index (χ4n) is 1.76. The SMILES string of the molecule is NS(=O)(=O)NCC1(C(=O)O)CCCC1. The summed E-state index contributed by atoms with van der Waals surface area (Å²) in [6.07, 6.45) is 2.65. The Balaban J connectivity index is 2.66. The van der Waals surface area contributed by atoms with Gasteiger partial charge in [0.05, 0.1) is 5.41 Å². The second kappa shape index (κ2) is 3.84. The number of nitrogens with one attached hydrogen (secondary N) is 1. The third kappa shape index (κ3) is 2.66. The normalized spacial score (nSPS) is 20.9. The van der Waals surface area contributed by atoms with E-state index in [0.29, 0.717) is 12.8 Å². The second-order valence-electron chi connectivity index (χ2n) is 3.66. The Morgan fingerprint density at radius 2 is 1.93 bits per heavy atom. The summed E-state index contributed by atoms with van der Waals surface area (Å²) in [6.45, 7) is -0.110. The van der Waals surface area contributed by atoms with E-state index < -0.39 is 21.6 Å². The lowest BCUT2D eigenvalue weighted by Crippen LogP contribution is -2.43. The Morgan fingerprint density at radius 1 is 1.43 bits per heavy atom. The van der Waals surface area contributed by atoms with Gasteiger partial charge in [0.25, 0.3) is 10.2 Å². The number of aliphatic carboxylic acids is 1. The van der Waals surface area contributed by atoms with Crippen molar-refractivity contribution in [1.29, 1.82) is 0 Å². The molecular formula is C7H14N2O4S. The summed E-state index contributed by atoms with van der Waals surface area (Å²) in [6, 6.07) is 0. The number of carboxylic acid groups (broad SMARTS) is 1. The third-order valence-corrected chi connectivity index (χ3v) is 3.17. The average Bonchev–Trinajstić information content (AvgIpc) is 2.48. The average molecular weight is 222 g/mol. The fourth-order valence-corrected chi connectivity index (χ4v) is 2.23. The molecule has 0 heterocycles. The minimum Gasteiger partial charge on any atom is -0.481 e. The van der Waals surface area contributed by atoms with Crippen molar-refractivity contribution in [2.75, 3.05) is 6.54 Å². The van der Waals surface area contributed by atoms with Gasteiger partial charge < -0.3 is 5.11 Å². The van der Waals surface area contributed by atoms with E-state index >= 15 is 0 Å². The lowest BCUT2D eigenvalue weighted by molar-refractivity contribution is -0.148. The molecule has 6 nitrogen and oxygen atoms in total. The maximum Gasteiger partial charge on any atom is 0.310 e. The Labute approximate surface area is 82.7 Å². The first-order chi connectivity index (χ1) is 6.36. The van der Waals surface area contributed by atoms with Crippen LogP contribution >= 0.6 is 0 Å². The van der Waals surface area contributed by atoms with Gasteiger partial charge in [0.2, 0.25) is 0 Å². The molecule has 1 aliphatic rings. The Morgan fingerprint density at radius 3 is 2.29 bits per heavy atom. The van der Waals surface area contributed by atoms with E-state index in [1.165, 1.54) is 0 Å². The van der Waals surface area contributed by atoms with Gasteiger partial charge in [0.15, 0.2) is 0 Å². The van der Waals surface area contributed by atoms with Crippen molar-refractivity contribution in [2.24, 2.45) is 10.6 Å². The van der Waals surface area contributed by atoms with Gasteiger partial charge in [0, 0.05) is 6.54 Å². The molecule has 7 heteroatoms. The topological polar surface area (TPSA) is 109 Å². The molecule has 1 rings (SSSR count). The van der Waals surface area contributed by atoms with Crippen LogP contribution in [0.5, 0.6) is 0 Å².